The van der Waals surface area contributed by atoms with Gasteiger partial charge in [0.2, 0.25) is 0 Å². The number of nitrogens with zero attached hydrogens (tertiary/aromatic N) is 3. The molecule has 0 saturated carbocycles. The fourth-order valence-electron chi connectivity index (χ4n) is 1.61. The fraction of sp³-hybridized carbons (Fsp3) is 0.385. The monoisotopic (exact) mass is 280 g/mol. The minimum atomic E-state index is 0.417. The van der Waals surface area contributed by atoms with Crippen LogP contribution in [-0.4, -0.2) is 28.1 Å². The Kier molecular flexibility index (Phi) is 4.39. The molecule has 0 saturated heterocycles. The predicted octanol–water partition coefficient (Wildman–Crippen LogP) is 2.43. The highest BCUT2D eigenvalue weighted by molar-refractivity contribution is 6.32. The molecule has 0 aliphatic rings. The maximum atomic E-state index is 5.99. The fourth-order valence-corrected chi connectivity index (χ4v) is 1.80. The first-order valence-electron chi connectivity index (χ1n) is 6.08. The summed E-state index contributed by atoms with van der Waals surface area (Å²) in [7, 11) is 1.59. The van der Waals surface area contributed by atoms with Crippen molar-refractivity contribution in [2.75, 3.05) is 7.11 Å². The molecule has 19 heavy (non-hydrogen) atoms. The first-order valence-corrected chi connectivity index (χ1v) is 6.46. The van der Waals surface area contributed by atoms with E-state index in [1.54, 1.807) is 17.9 Å². The number of rotatable bonds is 5. The third-order valence-corrected chi connectivity index (χ3v) is 2.94. The molecular formula is C13H17ClN4O. The van der Waals surface area contributed by atoms with Gasteiger partial charge in [0, 0.05) is 18.7 Å². The van der Waals surface area contributed by atoms with Crippen molar-refractivity contribution in [3.8, 4) is 11.4 Å². The molecular weight excluding hydrogens is 264 g/mol. The largest absolute Gasteiger partial charge is 0.495 e. The van der Waals surface area contributed by atoms with Crippen molar-refractivity contribution < 1.29 is 4.74 Å². The van der Waals surface area contributed by atoms with E-state index in [4.69, 9.17) is 16.3 Å². The predicted molar refractivity (Wildman–Crippen MR) is 74.9 cm³/mol. The van der Waals surface area contributed by atoms with Gasteiger partial charge in [-0.25, -0.2) is 4.68 Å². The van der Waals surface area contributed by atoms with E-state index in [0.717, 1.165) is 11.4 Å². The topological polar surface area (TPSA) is 52.0 Å². The van der Waals surface area contributed by atoms with Crippen LogP contribution in [0.25, 0.3) is 5.69 Å². The highest BCUT2D eigenvalue weighted by atomic mass is 35.5. The molecule has 102 valence electrons. The SMILES string of the molecule is COc1cc(-n2cc(CNC(C)C)nn2)ccc1Cl. The van der Waals surface area contributed by atoms with Crippen LogP contribution < -0.4 is 10.1 Å². The molecule has 1 aromatic heterocycles. The van der Waals surface area contributed by atoms with Crippen molar-refractivity contribution in [1.29, 1.82) is 0 Å². The van der Waals surface area contributed by atoms with Gasteiger partial charge < -0.3 is 10.1 Å². The third-order valence-electron chi connectivity index (χ3n) is 2.63. The Bertz CT molecular complexity index is 553. The Hall–Kier alpha value is -1.59. The number of hydrogen-bond donors (Lipinski definition) is 1. The highest BCUT2D eigenvalue weighted by Gasteiger charge is 2.06. The molecule has 0 aliphatic carbocycles. The number of benzene rings is 1. The average Bonchev–Trinajstić information content (AvgIpc) is 2.86. The van der Waals surface area contributed by atoms with Gasteiger partial charge >= 0.3 is 0 Å². The van der Waals surface area contributed by atoms with Crippen molar-refractivity contribution in [3.05, 3.63) is 35.1 Å². The second-order valence-electron chi connectivity index (χ2n) is 4.51. The van der Waals surface area contributed by atoms with Gasteiger partial charge in [0.05, 0.1) is 29.7 Å². The molecule has 2 rings (SSSR count). The standard InChI is InChI=1S/C13H17ClN4O/c1-9(2)15-7-10-8-18(17-16-10)11-4-5-12(14)13(6-11)19-3/h4-6,8-9,15H,7H2,1-3H3. The molecule has 1 N–H and O–H groups in total. The van der Waals surface area contributed by atoms with Crippen LogP contribution in [0.3, 0.4) is 0 Å². The zero-order valence-corrected chi connectivity index (χ0v) is 12.0. The zero-order valence-electron chi connectivity index (χ0n) is 11.2. The van der Waals surface area contributed by atoms with Crippen LogP contribution in [0.15, 0.2) is 24.4 Å². The maximum Gasteiger partial charge on any atom is 0.139 e. The van der Waals surface area contributed by atoms with Crippen molar-refractivity contribution in [1.82, 2.24) is 20.3 Å². The van der Waals surface area contributed by atoms with Gasteiger partial charge in [0.15, 0.2) is 0 Å². The summed E-state index contributed by atoms with van der Waals surface area (Å²) < 4.78 is 6.89. The molecule has 0 aliphatic heterocycles. The minimum absolute atomic E-state index is 0.417. The lowest BCUT2D eigenvalue weighted by atomic mass is 10.3. The zero-order chi connectivity index (χ0) is 13.8. The molecule has 1 aromatic carbocycles. The van der Waals surface area contributed by atoms with Crippen molar-refractivity contribution in [2.45, 2.75) is 26.4 Å². The van der Waals surface area contributed by atoms with Crippen molar-refractivity contribution in [2.24, 2.45) is 0 Å². The summed E-state index contributed by atoms with van der Waals surface area (Å²) in [5, 5.41) is 12.1. The summed E-state index contributed by atoms with van der Waals surface area (Å²) in [6.45, 7) is 4.88. The van der Waals surface area contributed by atoms with Crippen molar-refractivity contribution >= 4 is 11.6 Å². The lowest BCUT2D eigenvalue weighted by Crippen LogP contribution is -2.21. The maximum absolute atomic E-state index is 5.99. The van der Waals surface area contributed by atoms with E-state index in [0.29, 0.717) is 23.4 Å². The molecule has 0 radical (unpaired) electrons. The number of methoxy groups -OCH3 is 1. The number of halogens is 1. The van der Waals surface area contributed by atoms with E-state index in [1.165, 1.54) is 0 Å². The molecule has 0 unspecified atom stereocenters. The molecule has 0 amide bonds. The number of aromatic nitrogens is 3. The summed E-state index contributed by atoms with van der Waals surface area (Å²) in [5.74, 6) is 0.622. The Labute approximate surface area is 117 Å². The van der Waals surface area contributed by atoms with E-state index < -0.39 is 0 Å². The second kappa shape index (κ2) is 6.04. The molecule has 0 fully saturated rings. The molecule has 2 aromatic rings. The average molecular weight is 281 g/mol. The van der Waals surface area contributed by atoms with Gasteiger partial charge in [-0.15, -0.1) is 5.10 Å². The van der Waals surface area contributed by atoms with E-state index in [2.05, 4.69) is 29.5 Å². The van der Waals surface area contributed by atoms with E-state index in [1.807, 2.05) is 18.3 Å². The normalized spacial score (nSPS) is 11.0. The van der Waals surface area contributed by atoms with Gasteiger partial charge in [-0.2, -0.15) is 0 Å². The number of ether oxygens (including phenoxy) is 1. The number of nitrogens with one attached hydrogen (secondary N) is 1. The van der Waals surface area contributed by atoms with Gasteiger partial charge in [-0.3, -0.25) is 0 Å². The van der Waals surface area contributed by atoms with Gasteiger partial charge in [0.1, 0.15) is 5.75 Å². The summed E-state index contributed by atoms with van der Waals surface area (Å²) in [5.41, 5.74) is 1.76. The quantitative estimate of drug-likeness (QED) is 0.914. The summed E-state index contributed by atoms with van der Waals surface area (Å²) in [4.78, 5) is 0. The lowest BCUT2D eigenvalue weighted by Gasteiger charge is -2.06. The van der Waals surface area contributed by atoms with Crippen LogP contribution in [0.1, 0.15) is 19.5 Å². The van der Waals surface area contributed by atoms with E-state index in [9.17, 15) is 0 Å². The number of hydrogen-bond acceptors (Lipinski definition) is 4. The summed E-state index contributed by atoms with van der Waals surface area (Å²) >= 11 is 5.99. The molecule has 5 nitrogen and oxygen atoms in total. The van der Waals surface area contributed by atoms with Crippen LogP contribution in [-0.2, 0) is 6.54 Å². The highest BCUT2D eigenvalue weighted by Crippen LogP contribution is 2.26. The van der Waals surface area contributed by atoms with Crippen LogP contribution in [0.5, 0.6) is 5.75 Å². The second-order valence-corrected chi connectivity index (χ2v) is 4.92. The first-order chi connectivity index (χ1) is 9.10. The Morgan fingerprint density at radius 2 is 2.21 bits per heavy atom. The minimum Gasteiger partial charge on any atom is -0.495 e. The van der Waals surface area contributed by atoms with Crippen LogP contribution in [0.2, 0.25) is 5.02 Å². The summed E-state index contributed by atoms with van der Waals surface area (Å²) in [6.07, 6.45) is 1.89. The van der Waals surface area contributed by atoms with Gasteiger partial charge in [-0.05, 0) is 12.1 Å². The summed E-state index contributed by atoms with van der Waals surface area (Å²) in [6, 6.07) is 5.90. The molecule has 0 spiro atoms. The molecule has 1 heterocycles. The molecule has 0 bridgehead atoms. The smallest absolute Gasteiger partial charge is 0.139 e. The van der Waals surface area contributed by atoms with E-state index >= 15 is 0 Å². The lowest BCUT2D eigenvalue weighted by molar-refractivity contribution is 0.414. The van der Waals surface area contributed by atoms with Gasteiger partial charge in [0.25, 0.3) is 0 Å². The first kappa shape index (κ1) is 13.8. The van der Waals surface area contributed by atoms with Crippen LogP contribution in [0.4, 0.5) is 0 Å². The van der Waals surface area contributed by atoms with E-state index in [-0.39, 0.29) is 0 Å². The molecule has 0 atom stereocenters. The van der Waals surface area contributed by atoms with Crippen LogP contribution >= 0.6 is 11.6 Å². The third kappa shape index (κ3) is 3.45. The van der Waals surface area contributed by atoms with Gasteiger partial charge in [-0.1, -0.05) is 30.7 Å². The molecule has 6 heteroatoms. The Morgan fingerprint density at radius 1 is 1.42 bits per heavy atom. The Balaban J connectivity index is 2.18. The Morgan fingerprint density at radius 3 is 2.89 bits per heavy atom. The van der Waals surface area contributed by atoms with Crippen molar-refractivity contribution in [3.63, 3.8) is 0 Å². The van der Waals surface area contributed by atoms with Crippen LogP contribution in [0, 0.1) is 0 Å².